The fourth-order valence-corrected chi connectivity index (χ4v) is 1.24. The minimum Gasteiger partial charge on any atom is -0.399 e. The molecule has 1 aromatic rings. The van der Waals surface area contributed by atoms with Crippen LogP contribution in [0.5, 0.6) is 0 Å². The van der Waals surface area contributed by atoms with Crippen molar-refractivity contribution in [2.24, 2.45) is 5.92 Å². The van der Waals surface area contributed by atoms with Crippen LogP contribution in [0.2, 0.25) is 0 Å². The molecule has 4 N–H and O–H groups in total. The third-order valence-corrected chi connectivity index (χ3v) is 1.80. The molecule has 1 aromatic carbocycles. The van der Waals surface area contributed by atoms with Gasteiger partial charge in [-0.25, -0.2) is 0 Å². The zero-order valence-electron chi connectivity index (χ0n) is 7.67. The van der Waals surface area contributed by atoms with Crippen molar-refractivity contribution in [3.8, 4) is 0 Å². The van der Waals surface area contributed by atoms with Crippen molar-refractivity contribution in [2.45, 2.75) is 20.3 Å². The largest absolute Gasteiger partial charge is 0.399 e. The number of anilines is 2. The number of hydrogen-bond donors (Lipinski definition) is 2. The zero-order valence-corrected chi connectivity index (χ0v) is 7.67. The van der Waals surface area contributed by atoms with E-state index in [1.807, 2.05) is 18.2 Å². The molecule has 0 atom stereocenters. The van der Waals surface area contributed by atoms with Gasteiger partial charge in [0, 0.05) is 11.4 Å². The van der Waals surface area contributed by atoms with Gasteiger partial charge in [-0.15, -0.1) is 0 Å². The van der Waals surface area contributed by atoms with Gasteiger partial charge in [0.05, 0.1) is 0 Å². The normalized spacial score (nSPS) is 10.6. The molecule has 0 heterocycles. The van der Waals surface area contributed by atoms with E-state index in [2.05, 4.69) is 13.8 Å². The molecular formula is C10H16N2. The number of nitrogens with two attached hydrogens (primary N) is 2. The Bertz CT molecular complexity index is 267. The first-order valence-electron chi connectivity index (χ1n) is 4.23. The van der Waals surface area contributed by atoms with Crippen LogP contribution in [0.1, 0.15) is 19.4 Å². The Kier molecular flexibility index (Phi) is 2.58. The number of hydrogen-bond acceptors (Lipinski definition) is 2. The predicted molar refractivity (Wildman–Crippen MR) is 53.8 cm³/mol. The monoisotopic (exact) mass is 164 g/mol. The van der Waals surface area contributed by atoms with E-state index in [4.69, 9.17) is 11.5 Å². The molecule has 12 heavy (non-hydrogen) atoms. The standard InChI is InChI=1S/C10H16N2/c1-7(2)5-8-6-9(11)3-4-10(8)12/h3-4,6-7H,5,11-12H2,1-2H3. The number of benzene rings is 1. The van der Waals surface area contributed by atoms with Gasteiger partial charge >= 0.3 is 0 Å². The molecular weight excluding hydrogens is 148 g/mol. The number of rotatable bonds is 2. The van der Waals surface area contributed by atoms with Crippen LogP contribution in [0.4, 0.5) is 11.4 Å². The number of nitrogen functional groups attached to an aromatic ring is 2. The van der Waals surface area contributed by atoms with Crippen molar-refractivity contribution in [1.82, 2.24) is 0 Å². The Labute approximate surface area is 73.6 Å². The van der Waals surface area contributed by atoms with Gasteiger partial charge < -0.3 is 11.5 Å². The summed E-state index contributed by atoms with van der Waals surface area (Å²) in [4.78, 5) is 0. The molecule has 0 saturated heterocycles. The summed E-state index contributed by atoms with van der Waals surface area (Å²) in [5, 5.41) is 0. The van der Waals surface area contributed by atoms with Gasteiger partial charge in [-0.1, -0.05) is 13.8 Å². The average molecular weight is 164 g/mol. The maximum absolute atomic E-state index is 5.78. The highest BCUT2D eigenvalue weighted by molar-refractivity contribution is 5.55. The fourth-order valence-electron chi connectivity index (χ4n) is 1.24. The lowest BCUT2D eigenvalue weighted by molar-refractivity contribution is 0.648. The van der Waals surface area contributed by atoms with Gasteiger partial charge in [-0.3, -0.25) is 0 Å². The minimum atomic E-state index is 0.620. The van der Waals surface area contributed by atoms with Gasteiger partial charge in [0.2, 0.25) is 0 Å². The van der Waals surface area contributed by atoms with Crippen LogP contribution in [0.15, 0.2) is 18.2 Å². The van der Waals surface area contributed by atoms with E-state index < -0.39 is 0 Å². The maximum Gasteiger partial charge on any atom is 0.0348 e. The van der Waals surface area contributed by atoms with Crippen LogP contribution < -0.4 is 11.5 Å². The van der Waals surface area contributed by atoms with Crippen molar-refractivity contribution in [1.29, 1.82) is 0 Å². The molecule has 0 radical (unpaired) electrons. The molecule has 1 rings (SSSR count). The van der Waals surface area contributed by atoms with Crippen LogP contribution in [0, 0.1) is 5.92 Å². The first-order valence-corrected chi connectivity index (χ1v) is 4.23. The second-order valence-electron chi connectivity index (χ2n) is 3.56. The molecule has 0 amide bonds. The van der Waals surface area contributed by atoms with Gasteiger partial charge in [-0.05, 0) is 36.1 Å². The van der Waals surface area contributed by atoms with Crippen LogP contribution >= 0.6 is 0 Å². The lowest BCUT2D eigenvalue weighted by Crippen LogP contribution is -2.00. The summed E-state index contributed by atoms with van der Waals surface area (Å²) in [6.45, 7) is 4.34. The molecule has 2 nitrogen and oxygen atoms in total. The van der Waals surface area contributed by atoms with Crippen LogP contribution in [0.3, 0.4) is 0 Å². The van der Waals surface area contributed by atoms with Gasteiger partial charge in [0.15, 0.2) is 0 Å². The molecule has 0 aliphatic carbocycles. The van der Waals surface area contributed by atoms with E-state index in [-0.39, 0.29) is 0 Å². The van der Waals surface area contributed by atoms with Crippen LogP contribution in [0.25, 0.3) is 0 Å². The van der Waals surface area contributed by atoms with Crippen LogP contribution in [-0.2, 0) is 6.42 Å². The average Bonchev–Trinajstić information content (AvgIpc) is 1.96. The van der Waals surface area contributed by atoms with E-state index in [9.17, 15) is 0 Å². The summed E-state index contributed by atoms with van der Waals surface area (Å²) in [6.07, 6.45) is 0.997. The molecule has 0 spiro atoms. The van der Waals surface area contributed by atoms with E-state index in [0.717, 1.165) is 23.4 Å². The molecule has 66 valence electrons. The fraction of sp³-hybridized carbons (Fsp3) is 0.400. The quantitative estimate of drug-likeness (QED) is 0.657. The topological polar surface area (TPSA) is 52.0 Å². The molecule has 0 aliphatic heterocycles. The van der Waals surface area contributed by atoms with E-state index >= 15 is 0 Å². The molecule has 2 heteroatoms. The lowest BCUT2D eigenvalue weighted by Gasteiger charge is -2.08. The van der Waals surface area contributed by atoms with Crippen molar-refractivity contribution in [3.05, 3.63) is 23.8 Å². The summed E-state index contributed by atoms with van der Waals surface area (Å²) in [7, 11) is 0. The Balaban J connectivity index is 2.90. The van der Waals surface area contributed by atoms with Crippen molar-refractivity contribution in [2.75, 3.05) is 11.5 Å². The first-order chi connectivity index (χ1) is 5.59. The summed E-state index contributed by atoms with van der Waals surface area (Å²) in [5.74, 6) is 0.620. The molecule has 0 saturated carbocycles. The molecule has 0 aliphatic rings. The Morgan fingerprint density at radius 3 is 2.50 bits per heavy atom. The second kappa shape index (κ2) is 3.48. The molecule has 0 bridgehead atoms. The first kappa shape index (κ1) is 8.91. The summed E-state index contributed by atoms with van der Waals surface area (Å²) in [6, 6.07) is 5.65. The van der Waals surface area contributed by atoms with E-state index in [0.29, 0.717) is 5.92 Å². The molecule has 0 aromatic heterocycles. The van der Waals surface area contributed by atoms with Gasteiger partial charge in [0.25, 0.3) is 0 Å². The smallest absolute Gasteiger partial charge is 0.0348 e. The Morgan fingerprint density at radius 2 is 1.92 bits per heavy atom. The highest BCUT2D eigenvalue weighted by atomic mass is 14.6. The highest BCUT2D eigenvalue weighted by Gasteiger charge is 2.01. The predicted octanol–water partition coefficient (Wildman–Crippen LogP) is 2.05. The second-order valence-corrected chi connectivity index (χ2v) is 3.56. The lowest BCUT2D eigenvalue weighted by atomic mass is 10.0. The summed E-state index contributed by atoms with van der Waals surface area (Å²) >= 11 is 0. The third kappa shape index (κ3) is 2.16. The van der Waals surface area contributed by atoms with Crippen LogP contribution in [-0.4, -0.2) is 0 Å². The van der Waals surface area contributed by atoms with Crippen molar-refractivity contribution < 1.29 is 0 Å². The van der Waals surface area contributed by atoms with E-state index in [1.165, 1.54) is 0 Å². The summed E-state index contributed by atoms with van der Waals surface area (Å²) in [5.41, 5.74) is 14.2. The van der Waals surface area contributed by atoms with Gasteiger partial charge in [0.1, 0.15) is 0 Å². The zero-order chi connectivity index (χ0) is 9.14. The molecule has 0 unspecified atom stereocenters. The van der Waals surface area contributed by atoms with Gasteiger partial charge in [-0.2, -0.15) is 0 Å². The Hall–Kier alpha value is -1.18. The SMILES string of the molecule is CC(C)Cc1cc(N)ccc1N. The van der Waals surface area contributed by atoms with Crippen molar-refractivity contribution >= 4 is 11.4 Å². The highest BCUT2D eigenvalue weighted by Crippen LogP contribution is 2.18. The molecule has 0 fully saturated rings. The summed E-state index contributed by atoms with van der Waals surface area (Å²) < 4.78 is 0. The minimum absolute atomic E-state index is 0.620. The third-order valence-electron chi connectivity index (χ3n) is 1.80. The van der Waals surface area contributed by atoms with Crippen molar-refractivity contribution in [3.63, 3.8) is 0 Å². The maximum atomic E-state index is 5.78. The van der Waals surface area contributed by atoms with E-state index in [1.54, 1.807) is 0 Å². The Morgan fingerprint density at radius 1 is 1.25 bits per heavy atom.